The van der Waals surface area contributed by atoms with Crippen LogP contribution in [0.3, 0.4) is 0 Å². The second-order valence-corrected chi connectivity index (χ2v) is 3.79. The minimum absolute atomic E-state index is 0.129. The van der Waals surface area contributed by atoms with Crippen molar-refractivity contribution in [2.24, 2.45) is 0 Å². The number of nitrogens with one attached hydrogen (secondary N) is 1. The van der Waals surface area contributed by atoms with E-state index in [0.717, 1.165) is 0 Å². The van der Waals surface area contributed by atoms with Crippen LogP contribution in [0.25, 0.3) is 0 Å². The van der Waals surface area contributed by atoms with Gasteiger partial charge in [-0.25, -0.2) is 9.78 Å². The van der Waals surface area contributed by atoms with E-state index in [2.05, 4.69) is 15.3 Å². The van der Waals surface area contributed by atoms with Crippen LogP contribution in [0, 0.1) is 0 Å². The van der Waals surface area contributed by atoms with Crippen molar-refractivity contribution in [2.45, 2.75) is 0 Å². The van der Waals surface area contributed by atoms with Gasteiger partial charge in [0.25, 0.3) is 0 Å². The van der Waals surface area contributed by atoms with Crippen molar-refractivity contribution in [3.05, 3.63) is 36.3 Å². The molecule has 7 heteroatoms. The number of hydrogen-bond donors (Lipinski definition) is 2. The fourth-order valence-corrected chi connectivity index (χ4v) is 1.59. The van der Waals surface area contributed by atoms with Crippen molar-refractivity contribution in [3.63, 3.8) is 0 Å². The summed E-state index contributed by atoms with van der Waals surface area (Å²) in [6.45, 7) is 0. The SMILES string of the molecule is COc1ccc(Nc2cncc(C(=O)O)n2)cc1OC. The molecule has 1 aromatic heterocycles. The Hall–Kier alpha value is -2.83. The second-order valence-electron chi connectivity index (χ2n) is 3.79. The number of nitrogens with zero attached hydrogens (tertiary/aromatic N) is 2. The van der Waals surface area contributed by atoms with Crippen molar-refractivity contribution in [1.82, 2.24) is 9.97 Å². The smallest absolute Gasteiger partial charge is 0.356 e. The lowest BCUT2D eigenvalue weighted by molar-refractivity contribution is 0.0690. The van der Waals surface area contributed by atoms with Crippen LogP contribution in [-0.4, -0.2) is 35.3 Å². The molecule has 0 unspecified atom stereocenters. The van der Waals surface area contributed by atoms with Gasteiger partial charge in [-0.15, -0.1) is 0 Å². The van der Waals surface area contributed by atoms with Crippen LogP contribution >= 0.6 is 0 Å². The van der Waals surface area contributed by atoms with Crippen LogP contribution < -0.4 is 14.8 Å². The highest BCUT2D eigenvalue weighted by Crippen LogP contribution is 2.30. The van der Waals surface area contributed by atoms with Gasteiger partial charge in [0.15, 0.2) is 17.2 Å². The summed E-state index contributed by atoms with van der Waals surface area (Å²) in [6.07, 6.45) is 2.62. The van der Waals surface area contributed by atoms with Gasteiger partial charge in [0.2, 0.25) is 0 Å². The molecule has 0 radical (unpaired) electrons. The summed E-state index contributed by atoms with van der Waals surface area (Å²) >= 11 is 0. The average molecular weight is 275 g/mol. The van der Waals surface area contributed by atoms with E-state index in [9.17, 15) is 4.79 Å². The molecule has 1 heterocycles. The number of carboxylic acid groups (broad SMARTS) is 1. The predicted octanol–water partition coefficient (Wildman–Crippen LogP) is 1.94. The zero-order valence-electron chi connectivity index (χ0n) is 11.0. The first-order valence-corrected chi connectivity index (χ1v) is 5.68. The van der Waals surface area contributed by atoms with Crippen LogP contribution in [-0.2, 0) is 0 Å². The van der Waals surface area contributed by atoms with Crippen LogP contribution in [0.1, 0.15) is 10.5 Å². The van der Waals surface area contributed by atoms with Gasteiger partial charge >= 0.3 is 5.97 Å². The molecular formula is C13H13N3O4. The van der Waals surface area contributed by atoms with Crippen LogP contribution in [0.15, 0.2) is 30.6 Å². The third-order valence-electron chi connectivity index (χ3n) is 2.51. The van der Waals surface area contributed by atoms with Crippen molar-refractivity contribution >= 4 is 17.5 Å². The van der Waals surface area contributed by atoms with Gasteiger partial charge in [-0.2, -0.15) is 0 Å². The average Bonchev–Trinajstić information content (AvgIpc) is 2.47. The summed E-state index contributed by atoms with van der Waals surface area (Å²) in [5.74, 6) is 0.355. The number of anilines is 2. The Kier molecular flexibility index (Phi) is 3.99. The zero-order chi connectivity index (χ0) is 14.5. The molecule has 0 saturated carbocycles. The molecule has 2 N–H and O–H groups in total. The highest BCUT2D eigenvalue weighted by atomic mass is 16.5. The fraction of sp³-hybridized carbons (Fsp3) is 0.154. The molecule has 0 atom stereocenters. The number of rotatable bonds is 5. The van der Waals surface area contributed by atoms with E-state index in [1.54, 1.807) is 25.3 Å². The third-order valence-corrected chi connectivity index (χ3v) is 2.51. The van der Waals surface area contributed by atoms with Gasteiger partial charge in [0.1, 0.15) is 5.82 Å². The minimum atomic E-state index is -1.13. The molecule has 0 aliphatic rings. The van der Waals surface area contributed by atoms with Crippen molar-refractivity contribution < 1.29 is 19.4 Å². The highest BCUT2D eigenvalue weighted by Gasteiger charge is 2.08. The summed E-state index contributed by atoms with van der Waals surface area (Å²) in [6, 6.07) is 5.21. The molecule has 2 rings (SSSR count). The Morgan fingerprint density at radius 1 is 1.20 bits per heavy atom. The molecule has 7 nitrogen and oxygen atoms in total. The van der Waals surface area contributed by atoms with Gasteiger partial charge in [0.05, 0.1) is 26.6 Å². The molecule has 0 aliphatic carbocycles. The number of aromatic nitrogens is 2. The van der Waals surface area contributed by atoms with Gasteiger partial charge in [0, 0.05) is 11.8 Å². The maximum atomic E-state index is 10.8. The number of carboxylic acids is 1. The van der Waals surface area contributed by atoms with Gasteiger partial charge in [-0.3, -0.25) is 4.98 Å². The maximum Gasteiger partial charge on any atom is 0.356 e. The van der Waals surface area contributed by atoms with Gasteiger partial charge in [-0.05, 0) is 12.1 Å². The Bertz CT molecular complexity index is 631. The largest absolute Gasteiger partial charge is 0.493 e. The molecule has 0 fully saturated rings. The number of ether oxygens (including phenoxy) is 2. The van der Waals surface area contributed by atoms with Crippen LogP contribution in [0.5, 0.6) is 11.5 Å². The lowest BCUT2D eigenvalue weighted by Crippen LogP contribution is -2.04. The topological polar surface area (TPSA) is 93.6 Å². The van der Waals surface area contributed by atoms with Gasteiger partial charge < -0.3 is 19.9 Å². The van der Waals surface area contributed by atoms with E-state index in [-0.39, 0.29) is 5.69 Å². The van der Waals surface area contributed by atoms with E-state index < -0.39 is 5.97 Å². The Morgan fingerprint density at radius 2 is 1.95 bits per heavy atom. The standard InChI is InChI=1S/C13H13N3O4/c1-19-10-4-3-8(5-11(10)20-2)15-12-7-14-6-9(16-12)13(17)18/h3-7H,1-2H3,(H,15,16)(H,17,18). The van der Waals surface area contributed by atoms with E-state index in [4.69, 9.17) is 14.6 Å². The molecule has 1 aromatic carbocycles. The molecular weight excluding hydrogens is 262 g/mol. The zero-order valence-corrected chi connectivity index (χ0v) is 11.0. The number of carbonyl (C=O) groups is 1. The van der Waals surface area contributed by atoms with Crippen molar-refractivity contribution in [2.75, 3.05) is 19.5 Å². The number of methoxy groups -OCH3 is 2. The first-order chi connectivity index (χ1) is 9.63. The first kappa shape index (κ1) is 13.6. The van der Waals surface area contributed by atoms with Crippen molar-refractivity contribution in [3.8, 4) is 11.5 Å². The van der Waals surface area contributed by atoms with E-state index in [0.29, 0.717) is 23.0 Å². The maximum absolute atomic E-state index is 10.8. The summed E-state index contributed by atoms with van der Waals surface area (Å²) in [5, 5.41) is 11.8. The molecule has 0 spiro atoms. The fourth-order valence-electron chi connectivity index (χ4n) is 1.59. The number of benzene rings is 1. The second kappa shape index (κ2) is 5.87. The van der Waals surface area contributed by atoms with Crippen LogP contribution in [0.2, 0.25) is 0 Å². The minimum Gasteiger partial charge on any atom is -0.493 e. The van der Waals surface area contributed by atoms with Crippen molar-refractivity contribution in [1.29, 1.82) is 0 Å². The lowest BCUT2D eigenvalue weighted by atomic mass is 10.2. The summed E-state index contributed by atoms with van der Waals surface area (Å²) in [4.78, 5) is 18.6. The lowest BCUT2D eigenvalue weighted by Gasteiger charge is -2.10. The van der Waals surface area contributed by atoms with Crippen LogP contribution in [0.4, 0.5) is 11.5 Å². The molecule has 0 saturated heterocycles. The predicted molar refractivity (Wildman–Crippen MR) is 71.8 cm³/mol. The molecule has 0 amide bonds. The quantitative estimate of drug-likeness (QED) is 0.861. The van der Waals surface area contributed by atoms with Gasteiger partial charge in [-0.1, -0.05) is 0 Å². The Labute approximate surface area is 115 Å². The number of hydrogen-bond acceptors (Lipinski definition) is 6. The van der Waals surface area contributed by atoms with E-state index in [1.807, 2.05) is 0 Å². The van der Waals surface area contributed by atoms with E-state index >= 15 is 0 Å². The number of aromatic carboxylic acids is 1. The monoisotopic (exact) mass is 275 g/mol. The first-order valence-electron chi connectivity index (χ1n) is 5.68. The molecule has 0 bridgehead atoms. The Morgan fingerprint density at radius 3 is 2.60 bits per heavy atom. The summed E-state index contributed by atoms with van der Waals surface area (Å²) < 4.78 is 10.3. The summed E-state index contributed by atoms with van der Waals surface area (Å²) in [7, 11) is 3.08. The normalized spacial score (nSPS) is 9.90. The summed E-state index contributed by atoms with van der Waals surface area (Å²) in [5.41, 5.74) is 0.551. The highest BCUT2D eigenvalue weighted by molar-refractivity contribution is 5.85. The molecule has 20 heavy (non-hydrogen) atoms. The van der Waals surface area contributed by atoms with E-state index in [1.165, 1.54) is 19.5 Å². The molecule has 0 aliphatic heterocycles. The molecule has 2 aromatic rings. The molecule has 104 valence electrons. The Balaban J connectivity index is 2.25. The third kappa shape index (κ3) is 2.94.